The number of hydrogen-bond donors (Lipinski definition) is 2. The molecule has 6 heteroatoms. The Kier molecular flexibility index (Phi) is 8.87. The van der Waals surface area contributed by atoms with Gasteiger partial charge in [0.05, 0.1) is 5.41 Å². The Morgan fingerprint density at radius 3 is 2.04 bits per heavy atom. The van der Waals surface area contributed by atoms with E-state index in [0.717, 1.165) is 18.4 Å². The first kappa shape index (κ1) is 21.4. The van der Waals surface area contributed by atoms with Crippen LogP contribution in [0.1, 0.15) is 42.6 Å². The first-order valence-corrected chi connectivity index (χ1v) is 7.69. The van der Waals surface area contributed by atoms with E-state index in [2.05, 4.69) is 5.32 Å². The first-order valence-electron chi connectivity index (χ1n) is 7.69. The number of hydrogen-bond acceptors (Lipinski definition) is 3. The average Bonchev–Trinajstić information content (AvgIpc) is 2.54. The van der Waals surface area contributed by atoms with Crippen LogP contribution in [-0.4, -0.2) is 37.4 Å². The Balaban J connectivity index is 0.00000484. The lowest BCUT2D eigenvalue weighted by Gasteiger charge is -2.28. The lowest BCUT2D eigenvalue weighted by atomic mass is 9.81. The topological polar surface area (TPSA) is 75.4 Å². The third kappa shape index (κ3) is 5.22. The van der Waals surface area contributed by atoms with Gasteiger partial charge in [-0.3, -0.25) is 9.59 Å². The molecule has 0 fully saturated rings. The van der Waals surface area contributed by atoms with Crippen LogP contribution >= 0.6 is 12.4 Å². The Labute approximate surface area is 145 Å². The van der Waals surface area contributed by atoms with Crippen molar-refractivity contribution in [3.63, 3.8) is 0 Å². The first-order chi connectivity index (χ1) is 10.4. The molecule has 1 aromatic rings. The fraction of sp³-hybridized carbons (Fsp3) is 0.529. The Hall–Kier alpha value is -1.59. The van der Waals surface area contributed by atoms with E-state index in [1.807, 2.05) is 26.0 Å². The van der Waals surface area contributed by atoms with Gasteiger partial charge in [0, 0.05) is 32.7 Å². The van der Waals surface area contributed by atoms with E-state index in [9.17, 15) is 9.59 Å². The second-order valence-electron chi connectivity index (χ2n) is 5.77. The molecule has 1 aromatic carbocycles. The van der Waals surface area contributed by atoms with Gasteiger partial charge in [-0.2, -0.15) is 0 Å². The molecule has 130 valence electrons. The molecule has 0 bridgehead atoms. The van der Waals surface area contributed by atoms with Gasteiger partial charge in [0.15, 0.2) is 0 Å². The van der Waals surface area contributed by atoms with Crippen LogP contribution in [0.4, 0.5) is 0 Å². The summed E-state index contributed by atoms with van der Waals surface area (Å²) in [7, 11) is 3.44. The van der Waals surface area contributed by atoms with Gasteiger partial charge in [0.1, 0.15) is 0 Å². The molecule has 0 saturated heterocycles. The van der Waals surface area contributed by atoms with Crippen molar-refractivity contribution in [1.29, 1.82) is 0 Å². The molecular weight excluding hydrogens is 314 g/mol. The van der Waals surface area contributed by atoms with Crippen molar-refractivity contribution in [3.05, 3.63) is 35.4 Å². The molecule has 0 aromatic heterocycles. The Morgan fingerprint density at radius 2 is 1.65 bits per heavy atom. The maximum atomic E-state index is 12.3. The van der Waals surface area contributed by atoms with Gasteiger partial charge in [-0.1, -0.05) is 26.0 Å². The fourth-order valence-corrected chi connectivity index (χ4v) is 2.35. The molecule has 0 radical (unpaired) electrons. The molecule has 0 heterocycles. The van der Waals surface area contributed by atoms with Crippen LogP contribution in [0.15, 0.2) is 24.3 Å². The largest absolute Gasteiger partial charge is 0.352 e. The summed E-state index contributed by atoms with van der Waals surface area (Å²) in [6, 6.07) is 7.28. The highest BCUT2D eigenvalue weighted by molar-refractivity contribution is 5.93. The molecular formula is C17H28ClN3O2. The molecule has 1 rings (SSSR count). The summed E-state index contributed by atoms with van der Waals surface area (Å²) < 4.78 is 0. The van der Waals surface area contributed by atoms with E-state index < -0.39 is 5.41 Å². The standard InChI is InChI=1S/C17H27N3O2.ClH/c1-5-17(6-2,12-18)16(22)19-11-13-7-9-14(10-8-13)15(21)20(3)4;/h7-10H,5-6,11-12,18H2,1-4H3,(H,19,22);1H. The fourth-order valence-electron chi connectivity index (χ4n) is 2.35. The van der Waals surface area contributed by atoms with E-state index in [4.69, 9.17) is 5.73 Å². The second kappa shape index (κ2) is 9.53. The second-order valence-corrected chi connectivity index (χ2v) is 5.77. The summed E-state index contributed by atoms with van der Waals surface area (Å²) in [6.07, 6.45) is 1.45. The predicted molar refractivity (Wildman–Crippen MR) is 95.6 cm³/mol. The molecule has 0 atom stereocenters. The Bertz CT molecular complexity index is 503. The summed E-state index contributed by atoms with van der Waals surface area (Å²) in [5.74, 6) is -0.0388. The molecule has 2 amide bonds. The molecule has 0 unspecified atom stereocenters. The highest BCUT2D eigenvalue weighted by Gasteiger charge is 2.32. The van der Waals surface area contributed by atoms with Crippen molar-refractivity contribution >= 4 is 24.2 Å². The van der Waals surface area contributed by atoms with Crippen LogP contribution in [0, 0.1) is 5.41 Å². The molecule has 0 saturated carbocycles. The number of nitrogens with zero attached hydrogens (tertiary/aromatic N) is 1. The predicted octanol–water partition coefficient (Wildman–Crippen LogP) is 2.19. The number of nitrogens with one attached hydrogen (secondary N) is 1. The number of amides is 2. The maximum absolute atomic E-state index is 12.3. The number of nitrogens with two attached hydrogens (primary N) is 1. The summed E-state index contributed by atoms with van der Waals surface area (Å²) in [5, 5.41) is 2.95. The van der Waals surface area contributed by atoms with E-state index in [1.54, 1.807) is 26.2 Å². The van der Waals surface area contributed by atoms with Crippen LogP contribution in [0.3, 0.4) is 0 Å². The van der Waals surface area contributed by atoms with E-state index >= 15 is 0 Å². The van der Waals surface area contributed by atoms with Gasteiger partial charge < -0.3 is 16.0 Å². The highest BCUT2D eigenvalue weighted by atomic mass is 35.5. The zero-order valence-electron chi connectivity index (χ0n) is 14.4. The van der Waals surface area contributed by atoms with Crippen molar-refractivity contribution in [2.75, 3.05) is 20.6 Å². The third-order valence-corrected chi connectivity index (χ3v) is 4.29. The minimum atomic E-state index is -0.485. The van der Waals surface area contributed by atoms with Crippen molar-refractivity contribution < 1.29 is 9.59 Å². The normalized spacial score (nSPS) is 10.7. The number of rotatable bonds is 7. The van der Waals surface area contributed by atoms with Gasteiger partial charge in [-0.15, -0.1) is 12.4 Å². The minimum Gasteiger partial charge on any atom is -0.352 e. The number of carbonyl (C=O) groups is 2. The van der Waals surface area contributed by atoms with Gasteiger partial charge in [-0.25, -0.2) is 0 Å². The summed E-state index contributed by atoms with van der Waals surface area (Å²) in [4.78, 5) is 25.7. The quantitative estimate of drug-likeness (QED) is 0.798. The van der Waals surface area contributed by atoms with E-state index in [1.165, 1.54) is 4.90 Å². The molecule has 5 nitrogen and oxygen atoms in total. The van der Waals surface area contributed by atoms with Crippen LogP contribution in [0.5, 0.6) is 0 Å². The number of halogens is 1. The number of benzene rings is 1. The molecule has 0 spiro atoms. The lowest BCUT2D eigenvalue weighted by molar-refractivity contribution is -0.131. The molecule has 23 heavy (non-hydrogen) atoms. The van der Waals surface area contributed by atoms with Crippen LogP contribution in [0.25, 0.3) is 0 Å². The van der Waals surface area contributed by atoms with Crippen LogP contribution in [-0.2, 0) is 11.3 Å². The smallest absolute Gasteiger partial charge is 0.253 e. The van der Waals surface area contributed by atoms with Gasteiger partial charge in [0.25, 0.3) is 5.91 Å². The summed E-state index contributed by atoms with van der Waals surface area (Å²) in [5.41, 5.74) is 6.89. The summed E-state index contributed by atoms with van der Waals surface area (Å²) >= 11 is 0. The Morgan fingerprint density at radius 1 is 1.13 bits per heavy atom. The van der Waals surface area contributed by atoms with Crippen molar-refractivity contribution in [3.8, 4) is 0 Å². The third-order valence-electron chi connectivity index (χ3n) is 4.29. The SMILES string of the molecule is CCC(CC)(CN)C(=O)NCc1ccc(C(=O)N(C)C)cc1.Cl. The molecule has 0 aliphatic carbocycles. The minimum absolute atomic E-state index is 0. The molecule has 0 aliphatic heterocycles. The van der Waals surface area contributed by atoms with Gasteiger partial charge in [0.2, 0.25) is 5.91 Å². The van der Waals surface area contributed by atoms with Gasteiger partial charge >= 0.3 is 0 Å². The molecule has 0 aliphatic rings. The van der Waals surface area contributed by atoms with Crippen LogP contribution < -0.4 is 11.1 Å². The lowest BCUT2D eigenvalue weighted by Crippen LogP contribution is -2.45. The van der Waals surface area contributed by atoms with Gasteiger partial charge in [-0.05, 0) is 30.5 Å². The molecule has 3 N–H and O–H groups in total. The van der Waals surface area contributed by atoms with Crippen LogP contribution in [0.2, 0.25) is 0 Å². The number of carbonyl (C=O) groups excluding carboxylic acids is 2. The van der Waals surface area contributed by atoms with Crippen molar-refractivity contribution in [1.82, 2.24) is 10.2 Å². The summed E-state index contributed by atoms with van der Waals surface area (Å²) in [6.45, 7) is 4.76. The average molecular weight is 342 g/mol. The van der Waals surface area contributed by atoms with E-state index in [0.29, 0.717) is 18.7 Å². The van der Waals surface area contributed by atoms with Crippen molar-refractivity contribution in [2.24, 2.45) is 11.1 Å². The maximum Gasteiger partial charge on any atom is 0.253 e. The highest BCUT2D eigenvalue weighted by Crippen LogP contribution is 2.25. The monoisotopic (exact) mass is 341 g/mol. The van der Waals surface area contributed by atoms with E-state index in [-0.39, 0.29) is 24.2 Å². The zero-order chi connectivity index (χ0) is 16.8. The van der Waals surface area contributed by atoms with Crippen molar-refractivity contribution in [2.45, 2.75) is 33.2 Å². The zero-order valence-corrected chi connectivity index (χ0v) is 15.2.